The lowest BCUT2D eigenvalue weighted by Gasteiger charge is -2.24. The van der Waals surface area contributed by atoms with Crippen molar-refractivity contribution in [2.45, 2.75) is 84.5 Å². The van der Waals surface area contributed by atoms with Crippen molar-refractivity contribution in [1.82, 2.24) is 5.43 Å². The maximum Gasteiger partial charge on any atom is 0.260 e. The van der Waals surface area contributed by atoms with Gasteiger partial charge in [0.15, 0.2) is 0 Å². The van der Waals surface area contributed by atoms with Crippen LogP contribution in [0, 0.1) is 13.8 Å². The molecule has 0 radical (unpaired) electrons. The van der Waals surface area contributed by atoms with Crippen LogP contribution < -0.4 is 9.73 Å². The van der Waals surface area contributed by atoms with Crippen LogP contribution in [0.1, 0.15) is 81.8 Å². The van der Waals surface area contributed by atoms with Gasteiger partial charge in [0.25, 0.3) is 5.91 Å². The molecule has 1 aromatic rings. The Balaban J connectivity index is 2.05. The summed E-state index contributed by atoms with van der Waals surface area (Å²) >= 11 is 0. The molecule has 1 aliphatic rings. The first-order valence-electron chi connectivity index (χ1n) is 11.2. The molecule has 0 unspecified atom stereocenters. The lowest BCUT2D eigenvalue weighted by atomic mass is 10.00. The van der Waals surface area contributed by atoms with Crippen molar-refractivity contribution in [3.05, 3.63) is 29.3 Å². The molecule has 30 heavy (non-hydrogen) atoms. The molecule has 1 amide bonds. The summed E-state index contributed by atoms with van der Waals surface area (Å²) in [4.78, 5) is 12.6. The minimum atomic E-state index is -3.60. The third-order valence-corrected chi connectivity index (χ3v) is 6.93. The first kappa shape index (κ1) is 24.4. The second-order valence-corrected chi connectivity index (χ2v) is 10.3. The van der Waals surface area contributed by atoms with E-state index in [1.807, 2.05) is 19.9 Å². The highest BCUT2D eigenvalue weighted by Gasteiger charge is 2.22. The highest BCUT2D eigenvalue weighted by molar-refractivity contribution is 7.92. The van der Waals surface area contributed by atoms with E-state index in [1.165, 1.54) is 44.9 Å². The van der Waals surface area contributed by atoms with E-state index >= 15 is 0 Å². The molecule has 7 heteroatoms. The zero-order valence-electron chi connectivity index (χ0n) is 18.7. The summed E-state index contributed by atoms with van der Waals surface area (Å²) in [5.41, 5.74) is 5.99. The summed E-state index contributed by atoms with van der Waals surface area (Å²) in [5, 5.41) is 4.38. The van der Waals surface area contributed by atoms with Crippen molar-refractivity contribution in [2.24, 2.45) is 5.10 Å². The van der Waals surface area contributed by atoms with Gasteiger partial charge in [-0.15, -0.1) is 0 Å². The number of sulfonamides is 1. The number of hydrazone groups is 1. The normalized spacial score (nSPS) is 16.8. The Morgan fingerprint density at radius 1 is 0.967 bits per heavy atom. The number of amides is 1. The predicted molar refractivity (Wildman–Crippen MR) is 124 cm³/mol. The minimum Gasteiger partial charge on any atom is -0.271 e. The van der Waals surface area contributed by atoms with Crippen LogP contribution in [-0.4, -0.2) is 32.8 Å². The molecule has 0 bridgehead atoms. The molecule has 6 nitrogen and oxygen atoms in total. The fourth-order valence-corrected chi connectivity index (χ4v) is 4.73. The Kier molecular flexibility index (Phi) is 9.82. The van der Waals surface area contributed by atoms with E-state index in [0.717, 1.165) is 53.1 Å². The van der Waals surface area contributed by atoms with E-state index in [0.29, 0.717) is 5.69 Å². The van der Waals surface area contributed by atoms with Crippen LogP contribution in [0.15, 0.2) is 23.3 Å². The average Bonchev–Trinajstić information content (AvgIpc) is 2.67. The van der Waals surface area contributed by atoms with Gasteiger partial charge in [0.05, 0.1) is 11.9 Å². The summed E-state index contributed by atoms with van der Waals surface area (Å²) in [7, 11) is -3.60. The third kappa shape index (κ3) is 8.09. The first-order valence-corrected chi connectivity index (χ1v) is 13.0. The minimum absolute atomic E-state index is 0.278. The summed E-state index contributed by atoms with van der Waals surface area (Å²) in [6.45, 7) is 3.51. The van der Waals surface area contributed by atoms with Crippen molar-refractivity contribution < 1.29 is 13.2 Å². The molecule has 0 atom stereocenters. The van der Waals surface area contributed by atoms with Gasteiger partial charge in [0.2, 0.25) is 10.0 Å². The summed E-state index contributed by atoms with van der Waals surface area (Å²) < 4.78 is 25.9. The number of benzene rings is 1. The number of carbonyl (C=O) groups excluding carboxylic acids is 1. The fourth-order valence-electron chi connectivity index (χ4n) is 3.83. The molecule has 0 spiro atoms. The molecule has 1 aliphatic carbocycles. The smallest absolute Gasteiger partial charge is 0.260 e. The molecule has 0 aromatic heterocycles. The number of hydrogen-bond acceptors (Lipinski definition) is 4. The van der Waals surface area contributed by atoms with Crippen molar-refractivity contribution in [1.29, 1.82) is 0 Å². The van der Waals surface area contributed by atoms with Gasteiger partial charge in [-0.2, -0.15) is 5.10 Å². The Morgan fingerprint density at radius 3 is 2.03 bits per heavy atom. The van der Waals surface area contributed by atoms with Crippen LogP contribution in [0.2, 0.25) is 0 Å². The summed E-state index contributed by atoms with van der Waals surface area (Å²) in [5.74, 6) is -0.417. The van der Waals surface area contributed by atoms with Gasteiger partial charge in [-0.3, -0.25) is 9.10 Å². The standard InChI is InChI=1S/C23H37N3O3S/c1-19-14-13-17-22(20(19)2)26(30(3,28)29)18-23(27)25-24-21-15-11-9-7-5-4-6-8-10-12-16-21/h13-14,17H,4-12,15-16,18H2,1-3H3,(H,25,27). The highest BCUT2D eigenvalue weighted by atomic mass is 32.2. The van der Waals surface area contributed by atoms with Crippen LogP contribution in [0.25, 0.3) is 0 Å². The zero-order chi connectivity index (χ0) is 22.0. The van der Waals surface area contributed by atoms with Crippen molar-refractivity contribution in [3.8, 4) is 0 Å². The predicted octanol–water partition coefficient (Wildman–Crippen LogP) is 4.85. The number of carbonyl (C=O) groups is 1. The molecule has 168 valence electrons. The molecule has 1 fully saturated rings. The zero-order valence-corrected chi connectivity index (χ0v) is 19.6. The molecular formula is C23H37N3O3S. The van der Waals surface area contributed by atoms with E-state index in [1.54, 1.807) is 12.1 Å². The van der Waals surface area contributed by atoms with Gasteiger partial charge in [-0.1, -0.05) is 57.1 Å². The lowest BCUT2D eigenvalue weighted by Crippen LogP contribution is -2.39. The summed E-state index contributed by atoms with van der Waals surface area (Å²) in [6.07, 6.45) is 14.0. The van der Waals surface area contributed by atoms with E-state index in [2.05, 4.69) is 10.5 Å². The highest BCUT2D eigenvalue weighted by Crippen LogP contribution is 2.24. The summed E-state index contributed by atoms with van der Waals surface area (Å²) in [6, 6.07) is 5.46. The number of rotatable bonds is 5. The molecule has 0 saturated heterocycles. The first-order chi connectivity index (χ1) is 14.3. The Hall–Kier alpha value is -1.89. The van der Waals surface area contributed by atoms with E-state index in [-0.39, 0.29) is 6.54 Å². The van der Waals surface area contributed by atoms with Gasteiger partial charge in [0, 0.05) is 5.71 Å². The monoisotopic (exact) mass is 435 g/mol. The topological polar surface area (TPSA) is 78.8 Å². The molecule has 1 N–H and O–H groups in total. The molecule has 0 heterocycles. The Labute approximate surface area is 182 Å². The quantitative estimate of drug-likeness (QED) is 0.672. The number of anilines is 1. The Morgan fingerprint density at radius 2 is 1.50 bits per heavy atom. The van der Waals surface area contributed by atoms with Crippen molar-refractivity contribution in [3.63, 3.8) is 0 Å². The largest absolute Gasteiger partial charge is 0.271 e. The van der Waals surface area contributed by atoms with Crippen LogP contribution in [0.4, 0.5) is 5.69 Å². The van der Waals surface area contributed by atoms with E-state index < -0.39 is 15.9 Å². The van der Waals surface area contributed by atoms with Gasteiger partial charge < -0.3 is 0 Å². The van der Waals surface area contributed by atoms with Gasteiger partial charge in [-0.05, 0) is 56.7 Å². The molecule has 1 saturated carbocycles. The number of aryl methyl sites for hydroxylation is 1. The van der Waals surface area contributed by atoms with Crippen molar-refractivity contribution >= 4 is 27.3 Å². The van der Waals surface area contributed by atoms with Gasteiger partial charge >= 0.3 is 0 Å². The van der Waals surface area contributed by atoms with Gasteiger partial charge in [-0.25, -0.2) is 13.8 Å². The average molecular weight is 436 g/mol. The van der Waals surface area contributed by atoms with Crippen LogP contribution in [0.5, 0.6) is 0 Å². The lowest BCUT2D eigenvalue weighted by molar-refractivity contribution is -0.119. The van der Waals surface area contributed by atoms with Gasteiger partial charge in [0.1, 0.15) is 6.54 Å². The SMILES string of the molecule is Cc1cccc(N(CC(=O)NN=C2CCCCCCCCCCC2)S(C)(=O)=O)c1C. The number of nitrogens with one attached hydrogen (secondary N) is 1. The Bertz CT molecular complexity index is 820. The van der Waals surface area contributed by atoms with Crippen LogP contribution >= 0.6 is 0 Å². The molecule has 1 aromatic carbocycles. The van der Waals surface area contributed by atoms with Crippen LogP contribution in [-0.2, 0) is 14.8 Å². The second kappa shape index (κ2) is 12.1. The number of nitrogens with zero attached hydrogens (tertiary/aromatic N) is 2. The molecule has 0 aliphatic heterocycles. The van der Waals surface area contributed by atoms with Crippen LogP contribution in [0.3, 0.4) is 0 Å². The maximum absolute atomic E-state index is 12.6. The third-order valence-electron chi connectivity index (χ3n) is 5.80. The van der Waals surface area contributed by atoms with E-state index in [9.17, 15) is 13.2 Å². The number of hydrogen-bond donors (Lipinski definition) is 1. The maximum atomic E-state index is 12.6. The molecule has 2 rings (SSSR count). The second-order valence-electron chi connectivity index (χ2n) is 8.38. The fraction of sp³-hybridized carbons (Fsp3) is 0.652. The molecular weight excluding hydrogens is 398 g/mol. The van der Waals surface area contributed by atoms with E-state index in [4.69, 9.17) is 0 Å². The van der Waals surface area contributed by atoms with Crippen molar-refractivity contribution in [2.75, 3.05) is 17.1 Å².